The van der Waals surface area contributed by atoms with Crippen molar-refractivity contribution in [3.63, 3.8) is 0 Å². The molecule has 0 spiro atoms. The van der Waals surface area contributed by atoms with E-state index in [-0.39, 0.29) is 12.5 Å². The molecule has 1 aromatic heterocycles. The number of carbonyl (C=O) groups is 1. The number of carbonyl (C=O) groups excluding carboxylic acids is 1. The molecule has 0 N–H and O–H groups in total. The van der Waals surface area contributed by atoms with E-state index >= 15 is 0 Å². The molecule has 4 rings (SSSR count). The number of halogens is 1. The fraction of sp³-hybridized carbons (Fsp3) is 0.300. The molecule has 0 aliphatic carbocycles. The van der Waals surface area contributed by atoms with Crippen molar-refractivity contribution in [1.29, 1.82) is 0 Å². The molecule has 1 aliphatic heterocycles. The van der Waals surface area contributed by atoms with E-state index in [0.29, 0.717) is 40.3 Å². The summed E-state index contributed by atoms with van der Waals surface area (Å²) in [5, 5.41) is 1.18. The number of likely N-dealkylation sites (N-methyl/N-ethyl adjacent to an activating group) is 1. The lowest BCUT2D eigenvalue weighted by molar-refractivity contribution is -0.127. The molecule has 1 atom stereocenters. The number of amides is 1. The molecule has 3 aromatic rings. The second-order valence-electron chi connectivity index (χ2n) is 6.74. The number of aromatic nitrogens is 1. The highest BCUT2D eigenvalue weighted by atomic mass is 35.5. The Labute approximate surface area is 172 Å². The van der Waals surface area contributed by atoms with E-state index < -0.39 is 6.10 Å². The Bertz CT molecular complexity index is 1010. The fourth-order valence-corrected chi connectivity index (χ4v) is 4.23. The fourth-order valence-electron chi connectivity index (χ4n) is 2.93. The van der Waals surface area contributed by atoms with Gasteiger partial charge in [-0.3, -0.25) is 9.69 Å². The quantitative estimate of drug-likeness (QED) is 0.633. The van der Waals surface area contributed by atoms with Crippen molar-refractivity contribution in [2.24, 2.45) is 0 Å². The summed E-state index contributed by atoms with van der Waals surface area (Å²) in [7, 11) is 3.93. The molecule has 0 saturated carbocycles. The summed E-state index contributed by atoms with van der Waals surface area (Å²) >= 11 is 7.72. The van der Waals surface area contributed by atoms with Crippen molar-refractivity contribution in [2.45, 2.75) is 6.10 Å². The van der Waals surface area contributed by atoms with Crippen LogP contribution < -0.4 is 14.4 Å². The maximum Gasteiger partial charge on any atom is 0.273 e. The van der Waals surface area contributed by atoms with Crippen LogP contribution in [-0.4, -0.2) is 55.7 Å². The summed E-state index contributed by atoms with van der Waals surface area (Å²) in [4.78, 5) is 21.6. The first-order chi connectivity index (χ1) is 13.5. The van der Waals surface area contributed by atoms with E-state index in [9.17, 15) is 4.79 Å². The van der Waals surface area contributed by atoms with E-state index in [0.717, 1.165) is 4.70 Å². The number of rotatable bonds is 5. The normalized spacial score (nSPS) is 15.8. The molecule has 2 heterocycles. The predicted molar refractivity (Wildman–Crippen MR) is 112 cm³/mol. The number of benzene rings is 2. The van der Waals surface area contributed by atoms with Gasteiger partial charge in [0.25, 0.3) is 5.91 Å². The maximum absolute atomic E-state index is 13.3. The van der Waals surface area contributed by atoms with Gasteiger partial charge in [-0.1, -0.05) is 41.1 Å². The molecule has 1 aliphatic rings. The number of para-hydroxylation sites is 3. The Kier molecular flexibility index (Phi) is 5.39. The molecule has 146 valence electrons. The van der Waals surface area contributed by atoms with Gasteiger partial charge in [-0.2, -0.15) is 0 Å². The van der Waals surface area contributed by atoms with Crippen LogP contribution in [-0.2, 0) is 4.79 Å². The molecule has 1 unspecified atom stereocenters. The number of hydrogen-bond donors (Lipinski definition) is 0. The topological polar surface area (TPSA) is 54.9 Å². The first-order valence-electron chi connectivity index (χ1n) is 8.92. The minimum atomic E-state index is -0.723. The number of anilines is 1. The van der Waals surface area contributed by atoms with Crippen LogP contribution in [0.2, 0.25) is 5.02 Å². The number of nitrogens with zero attached hydrogens (tertiary/aromatic N) is 3. The van der Waals surface area contributed by atoms with Crippen LogP contribution in [0.4, 0.5) is 5.13 Å². The average Bonchev–Trinajstić information content (AvgIpc) is 3.12. The third-order valence-electron chi connectivity index (χ3n) is 4.41. The Hall–Kier alpha value is -2.35. The van der Waals surface area contributed by atoms with Crippen molar-refractivity contribution in [3.8, 4) is 11.5 Å². The van der Waals surface area contributed by atoms with Crippen LogP contribution in [0.25, 0.3) is 10.2 Å². The van der Waals surface area contributed by atoms with Crippen molar-refractivity contribution in [1.82, 2.24) is 9.88 Å². The first kappa shape index (κ1) is 19.0. The number of hydrogen-bond acceptors (Lipinski definition) is 6. The van der Waals surface area contributed by atoms with E-state index in [4.69, 9.17) is 21.1 Å². The Morgan fingerprint density at radius 3 is 2.71 bits per heavy atom. The van der Waals surface area contributed by atoms with Gasteiger partial charge in [0.15, 0.2) is 16.6 Å². The summed E-state index contributed by atoms with van der Waals surface area (Å²) in [6.45, 7) is 1.35. The first-order valence-corrected chi connectivity index (χ1v) is 10.1. The minimum Gasteiger partial charge on any atom is -0.485 e. The van der Waals surface area contributed by atoms with Gasteiger partial charge in [0.2, 0.25) is 6.10 Å². The molecule has 0 bridgehead atoms. The summed E-state index contributed by atoms with van der Waals surface area (Å²) in [5.74, 6) is 1.05. The zero-order valence-electron chi connectivity index (χ0n) is 15.6. The summed E-state index contributed by atoms with van der Waals surface area (Å²) < 4.78 is 12.6. The molecule has 8 heteroatoms. The van der Waals surface area contributed by atoms with Crippen molar-refractivity contribution in [2.75, 3.05) is 38.7 Å². The van der Waals surface area contributed by atoms with E-state index in [1.807, 2.05) is 49.3 Å². The molecular formula is C20H20ClN3O3S. The molecule has 0 radical (unpaired) electrons. The van der Waals surface area contributed by atoms with E-state index in [2.05, 4.69) is 4.98 Å². The lowest BCUT2D eigenvalue weighted by Gasteiger charge is -2.30. The molecule has 28 heavy (non-hydrogen) atoms. The second kappa shape index (κ2) is 7.95. The molecule has 0 saturated heterocycles. The van der Waals surface area contributed by atoms with E-state index in [1.54, 1.807) is 17.0 Å². The van der Waals surface area contributed by atoms with Gasteiger partial charge < -0.3 is 14.4 Å². The number of thiazole rings is 1. The molecule has 1 amide bonds. The summed E-state index contributed by atoms with van der Waals surface area (Å²) in [6.07, 6.45) is -0.723. The van der Waals surface area contributed by atoms with Gasteiger partial charge in [-0.15, -0.1) is 0 Å². The van der Waals surface area contributed by atoms with Crippen LogP contribution in [0.15, 0.2) is 42.5 Å². The van der Waals surface area contributed by atoms with Crippen molar-refractivity contribution >= 4 is 44.2 Å². The van der Waals surface area contributed by atoms with Gasteiger partial charge in [-0.25, -0.2) is 4.98 Å². The monoisotopic (exact) mass is 417 g/mol. The second-order valence-corrected chi connectivity index (χ2v) is 8.16. The van der Waals surface area contributed by atoms with Crippen LogP contribution in [0, 0.1) is 0 Å². The Morgan fingerprint density at radius 1 is 1.18 bits per heavy atom. The maximum atomic E-state index is 13.3. The van der Waals surface area contributed by atoms with Gasteiger partial charge >= 0.3 is 0 Å². The van der Waals surface area contributed by atoms with E-state index in [1.165, 1.54) is 11.3 Å². The largest absolute Gasteiger partial charge is 0.485 e. The number of ether oxygens (including phenoxy) is 2. The molecule has 6 nitrogen and oxygen atoms in total. The van der Waals surface area contributed by atoms with Gasteiger partial charge in [0.05, 0.1) is 9.72 Å². The van der Waals surface area contributed by atoms with Crippen molar-refractivity contribution < 1.29 is 14.3 Å². The third-order valence-corrected chi connectivity index (χ3v) is 5.76. The van der Waals surface area contributed by atoms with Gasteiger partial charge in [0.1, 0.15) is 12.1 Å². The summed E-state index contributed by atoms with van der Waals surface area (Å²) in [6, 6.07) is 13.0. The zero-order chi connectivity index (χ0) is 19.7. The van der Waals surface area contributed by atoms with Crippen LogP contribution in [0.5, 0.6) is 11.5 Å². The Balaban J connectivity index is 1.63. The smallest absolute Gasteiger partial charge is 0.273 e. The van der Waals surface area contributed by atoms with Gasteiger partial charge in [0, 0.05) is 13.1 Å². The number of fused-ring (bicyclic) bond motifs is 2. The molecule has 2 aromatic carbocycles. The Morgan fingerprint density at radius 2 is 1.96 bits per heavy atom. The van der Waals surface area contributed by atoms with Crippen molar-refractivity contribution in [3.05, 3.63) is 47.5 Å². The predicted octanol–water partition coefficient (Wildman–Crippen LogP) is 3.68. The lowest BCUT2D eigenvalue weighted by atomic mass is 10.2. The van der Waals surface area contributed by atoms with Crippen LogP contribution in [0.1, 0.15) is 0 Å². The highest BCUT2D eigenvalue weighted by Crippen LogP contribution is 2.35. The van der Waals surface area contributed by atoms with Gasteiger partial charge in [-0.05, 0) is 38.4 Å². The summed E-state index contributed by atoms with van der Waals surface area (Å²) in [5.41, 5.74) is 0.706. The average molecular weight is 418 g/mol. The molecular weight excluding hydrogens is 398 g/mol. The van der Waals surface area contributed by atoms with Crippen LogP contribution >= 0.6 is 22.9 Å². The highest BCUT2D eigenvalue weighted by molar-refractivity contribution is 7.22. The molecule has 0 fully saturated rings. The van der Waals surface area contributed by atoms with Crippen LogP contribution in [0.3, 0.4) is 0 Å². The lowest BCUT2D eigenvalue weighted by Crippen LogP contribution is -2.48. The minimum absolute atomic E-state index is 0.167. The SMILES string of the molecule is CN(C)CCN(C(=O)C1COc2ccccc2O1)c1nc2c(Cl)cccc2s1. The standard InChI is InChI=1S/C20H20ClN3O3S/c1-23(2)10-11-24(20-22-18-13(21)6-5-9-17(18)28-20)19(25)16-12-26-14-7-3-4-8-15(14)27-16/h3-9,16H,10-12H2,1-2H3. The zero-order valence-corrected chi connectivity index (χ0v) is 17.2. The third kappa shape index (κ3) is 3.78. The highest BCUT2D eigenvalue weighted by Gasteiger charge is 2.33.